The van der Waals surface area contributed by atoms with Gasteiger partial charge < -0.3 is 29.9 Å². The third kappa shape index (κ3) is 11.8. The zero-order valence-electron chi connectivity index (χ0n) is 38.5. The number of unbranched alkanes of at least 4 members (excludes halogenated alkanes) is 1. The molecule has 69 heavy (non-hydrogen) atoms. The smallest absolute Gasteiger partial charge is 0.294 e. The Hall–Kier alpha value is -6.16. The van der Waals surface area contributed by atoms with Gasteiger partial charge in [0.1, 0.15) is 22.9 Å². The van der Waals surface area contributed by atoms with E-state index in [4.69, 9.17) is 24.4 Å². The van der Waals surface area contributed by atoms with Crippen LogP contribution in [0.5, 0.6) is 11.5 Å². The molecule has 0 aliphatic heterocycles. The summed E-state index contributed by atoms with van der Waals surface area (Å²) in [5.74, 6) is 2.08. The summed E-state index contributed by atoms with van der Waals surface area (Å²) in [4.78, 5) is 18.1. The van der Waals surface area contributed by atoms with Crippen molar-refractivity contribution in [3.8, 4) is 11.5 Å². The van der Waals surface area contributed by atoms with Crippen LogP contribution < -0.4 is 29.9 Å². The fraction of sp³-hybridized carbons (Fsp3) is 0.326. The average molecular weight is 1040 g/mol. The number of hydrogen-bond acceptors (Lipinski definition) is 22. The number of thioether (sulfide) groups is 1. The molecule has 4 N–H and O–H groups in total. The summed E-state index contributed by atoms with van der Waals surface area (Å²) >= 11 is 3.48. The maximum atomic E-state index is 12.0. The number of fused-ring (bicyclic) bond motifs is 2. The van der Waals surface area contributed by atoms with E-state index >= 15 is 0 Å². The van der Waals surface area contributed by atoms with Gasteiger partial charge in [-0.2, -0.15) is 40.5 Å². The quantitative estimate of drug-likeness (QED) is 0.0213. The predicted octanol–water partition coefficient (Wildman–Crippen LogP) is 11.5. The van der Waals surface area contributed by atoms with Crippen LogP contribution in [0, 0.1) is 0 Å². The standard InChI is InChI=1S/C43H49N13O8S5/c1-8-13-18-65-43-47-41(44-31-21-35(55(9-2)10-3)37(63-6)23-33(31)49-51-39-27-19-25(68(57,58)59)14-16-29(27)53-66-39)46-42(48-43)45-32-22-36(56(11-4)12-5)38(64-7)24-34(32)50-52-40-28-20-26(69(60,61)62)15-17-30(28)54-67-40/h14-17,19-24H,8-13,18H2,1-7H3,(H,57,58,59)(H,60,61,62)(H2,44,45,46,47,48). The Kier molecular flexibility index (Phi) is 16.2. The number of hydrogen-bond donors (Lipinski definition) is 4. The Balaban J connectivity index is 1.34. The molecular weight excluding hydrogens is 987 g/mol. The molecule has 3 aromatic heterocycles. The van der Waals surface area contributed by atoms with Crippen molar-refractivity contribution < 1.29 is 35.4 Å². The van der Waals surface area contributed by atoms with Gasteiger partial charge in [0.05, 0.1) is 57.8 Å². The molecule has 26 heteroatoms. The number of benzene rings is 4. The largest absolute Gasteiger partial charge is 0.494 e. The third-order valence-corrected chi connectivity index (χ3v) is 14.7. The van der Waals surface area contributed by atoms with E-state index in [0.29, 0.717) is 97.4 Å². The molecule has 0 bridgehead atoms. The highest BCUT2D eigenvalue weighted by Gasteiger charge is 2.21. The monoisotopic (exact) mass is 1040 g/mol. The van der Waals surface area contributed by atoms with Gasteiger partial charge in [0, 0.05) is 54.8 Å². The van der Waals surface area contributed by atoms with Crippen molar-refractivity contribution in [1.29, 1.82) is 0 Å². The van der Waals surface area contributed by atoms with Crippen LogP contribution in [0.3, 0.4) is 0 Å². The van der Waals surface area contributed by atoms with Crippen molar-refractivity contribution in [3.63, 3.8) is 0 Å². The molecule has 0 aliphatic rings. The Morgan fingerprint density at radius 1 is 0.623 bits per heavy atom. The second kappa shape index (κ2) is 22.1. The lowest BCUT2D eigenvalue weighted by atomic mass is 10.2. The summed E-state index contributed by atoms with van der Waals surface area (Å²) in [6, 6.07) is 15.3. The summed E-state index contributed by atoms with van der Waals surface area (Å²) < 4.78 is 87.9. The van der Waals surface area contributed by atoms with Crippen LogP contribution in [0.25, 0.3) is 21.8 Å². The summed E-state index contributed by atoms with van der Waals surface area (Å²) in [5.41, 5.74) is 4.02. The molecule has 21 nitrogen and oxygen atoms in total. The number of nitrogens with zero attached hydrogens (tertiary/aromatic N) is 11. The van der Waals surface area contributed by atoms with Gasteiger partial charge in [0.2, 0.25) is 11.9 Å². The Morgan fingerprint density at radius 2 is 1.06 bits per heavy atom. The molecule has 3 heterocycles. The van der Waals surface area contributed by atoms with E-state index in [1.54, 1.807) is 26.4 Å². The van der Waals surface area contributed by atoms with E-state index in [1.807, 2.05) is 39.8 Å². The molecular formula is C43H49N13O8S5. The molecule has 0 amide bonds. The Labute approximate surface area is 411 Å². The van der Waals surface area contributed by atoms with E-state index in [9.17, 15) is 25.9 Å². The highest BCUT2D eigenvalue weighted by molar-refractivity contribution is 7.99. The van der Waals surface area contributed by atoms with E-state index in [-0.39, 0.29) is 21.7 Å². The molecule has 0 spiro atoms. The molecule has 364 valence electrons. The maximum Gasteiger partial charge on any atom is 0.294 e. The van der Waals surface area contributed by atoms with Gasteiger partial charge in [0.25, 0.3) is 20.2 Å². The number of azo groups is 2. The van der Waals surface area contributed by atoms with Gasteiger partial charge in [-0.15, -0.1) is 20.5 Å². The first-order valence-electron chi connectivity index (χ1n) is 21.5. The molecule has 0 aliphatic carbocycles. The van der Waals surface area contributed by atoms with Crippen molar-refractivity contribution >= 4 is 133 Å². The van der Waals surface area contributed by atoms with Crippen molar-refractivity contribution in [2.75, 3.05) is 66.6 Å². The van der Waals surface area contributed by atoms with Crippen LogP contribution in [0.4, 0.5) is 56.0 Å². The minimum Gasteiger partial charge on any atom is -0.494 e. The number of nitrogens with one attached hydrogen (secondary N) is 2. The first kappa shape index (κ1) is 50.7. The lowest BCUT2D eigenvalue weighted by Gasteiger charge is -2.25. The molecule has 7 rings (SSSR count). The van der Waals surface area contributed by atoms with Crippen molar-refractivity contribution in [3.05, 3.63) is 60.7 Å². The van der Waals surface area contributed by atoms with E-state index in [2.05, 4.69) is 56.6 Å². The van der Waals surface area contributed by atoms with E-state index in [1.165, 1.54) is 48.2 Å². The average Bonchev–Trinajstić information content (AvgIpc) is 3.94. The molecule has 0 saturated heterocycles. The van der Waals surface area contributed by atoms with Crippen molar-refractivity contribution in [1.82, 2.24) is 23.7 Å². The molecule has 0 radical (unpaired) electrons. The van der Waals surface area contributed by atoms with Gasteiger partial charge in [-0.3, -0.25) is 9.11 Å². The molecule has 0 fully saturated rings. The second-order valence-corrected chi connectivity index (χ2v) is 20.2. The summed E-state index contributed by atoms with van der Waals surface area (Å²) in [7, 11) is -5.87. The fourth-order valence-corrected chi connectivity index (χ4v) is 10.3. The summed E-state index contributed by atoms with van der Waals surface area (Å²) in [5, 5.41) is 26.7. The van der Waals surface area contributed by atoms with E-state index in [0.717, 1.165) is 53.0 Å². The molecule has 0 unspecified atom stereocenters. The summed E-state index contributed by atoms with van der Waals surface area (Å²) in [6.45, 7) is 12.9. The first-order valence-corrected chi connectivity index (χ1v) is 27.0. The number of ether oxygens (including phenoxy) is 2. The van der Waals surface area contributed by atoms with Crippen LogP contribution in [0.2, 0.25) is 0 Å². The van der Waals surface area contributed by atoms with Gasteiger partial charge in [-0.25, -0.2) is 0 Å². The number of aromatic nitrogens is 5. The lowest BCUT2D eigenvalue weighted by Crippen LogP contribution is -2.22. The van der Waals surface area contributed by atoms with Gasteiger partial charge >= 0.3 is 0 Å². The van der Waals surface area contributed by atoms with Gasteiger partial charge in [-0.05, 0) is 106 Å². The third-order valence-electron chi connectivity index (χ3n) is 10.6. The normalized spacial score (nSPS) is 12.1. The predicted molar refractivity (Wildman–Crippen MR) is 272 cm³/mol. The highest BCUT2D eigenvalue weighted by atomic mass is 32.2. The first-order chi connectivity index (χ1) is 33.1. The molecule has 4 aromatic carbocycles. The highest BCUT2D eigenvalue weighted by Crippen LogP contribution is 2.44. The zero-order chi connectivity index (χ0) is 49.5. The second-order valence-electron chi connectivity index (χ2n) is 14.8. The van der Waals surface area contributed by atoms with Crippen LogP contribution in [0.15, 0.2) is 96.1 Å². The van der Waals surface area contributed by atoms with Crippen LogP contribution in [-0.2, 0) is 20.2 Å². The van der Waals surface area contributed by atoms with Crippen molar-refractivity contribution in [2.45, 2.75) is 62.4 Å². The van der Waals surface area contributed by atoms with Crippen LogP contribution >= 0.6 is 34.8 Å². The number of methoxy groups -OCH3 is 2. The lowest BCUT2D eigenvalue weighted by molar-refractivity contribution is 0.414. The SMILES string of the molecule is CCCCSc1nc(Nc2cc(N(CC)CC)c(OC)cc2N=Nc2snc3ccc(S(=O)(=O)O)cc23)nc(Nc2cc(N(CC)CC)c(OC)cc2N=Nc2snc3ccc(S(=O)(=O)O)cc23)n1. The molecule has 0 atom stereocenters. The fourth-order valence-electron chi connectivity index (χ4n) is 6.99. The maximum absolute atomic E-state index is 12.0. The van der Waals surface area contributed by atoms with Crippen molar-refractivity contribution in [2.24, 2.45) is 20.5 Å². The minimum atomic E-state index is -4.49. The molecule has 0 saturated carbocycles. The Bertz CT molecular complexity index is 3060. The number of anilines is 6. The minimum absolute atomic E-state index is 0.158. The van der Waals surface area contributed by atoms with Gasteiger partial charge in [-0.1, -0.05) is 25.1 Å². The van der Waals surface area contributed by atoms with Gasteiger partial charge in [0.15, 0.2) is 15.2 Å². The number of rotatable bonds is 22. The van der Waals surface area contributed by atoms with Crippen LogP contribution in [-0.4, -0.2) is 95.8 Å². The Morgan fingerprint density at radius 3 is 1.43 bits per heavy atom. The van der Waals surface area contributed by atoms with Crippen LogP contribution in [0.1, 0.15) is 47.5 Å². The molecule has 7 aromatic rings. The topological polar surface area (TPSA) is 272 Å². The summed E-state index contributed by atoms with van der Waals surface area (Å²) in [6.07, 6.45) is 1.86. The zero-order valence-corrected chi connectivity index (χ0v) is 42.6. The van der Waals surface area contributed by atoms with E-state index < -0.39 is 20.2 Å².